The van der Waals surface area contributed by atoms with Gasteiger partial charge in [0.1, 0.15) is 10.6 Å². The molecule has 0 saturated heterocycles. The van der Waals surface area contributed by atoms with Crippen molar-refractivity contribution in [3.63, 3.8) is 0 Å². The molecule has 0 spiro atoms. The van der Waals surface area contributed by atoms with Gasteiger partial charge >= 0.3 is 5.97 Å². The summed E-state index contributed by atoms with van der Waals surface area (Å²) >= 11 is 2.52. The van der Waals surface area contributed by atoms with E-state index in [0.29, 0.717) is 21.8 Å². The van der Waals surface area contributed by atoms with E-state index in [9.17, 15) is 24.5 Å². The van der Waals surface area contributed by atoms with Crippen LogP contribution in [0.4, 0.5) is 16.4 Å². The monoisotopic (exact) mass is 561 g/mol. The number of anilines is 2. The van der Waals surface area contributed by atoms with Crippen LogP contribution in [0.1, 0.15) is 26.3 Å². The Morgan fingerprint density at radius 3 is 2.38 bits per heavy atom. The maximum absolute atomic E-state index is 12.8. The average molecular weight is 562 g/mol. The summed E-state index contributed by atoms with van der Waals surface area (Å²) < 4.78 is 4.97. The molecule has 0 aliphatic heterocycles. The van der Waals surface area contributed by atoms with E-state index in [2.05, 4.69) is 10.6 Å². The first kappa shape index (κ1) is 27.6. The Bertz CT molecular complexity index is 1530. The van der Waals surface area contributed by atoms with Gasteiger partial charge in [0.15, 0.2) is 0 Å². The Labute approximate surface area is 232 Å². The molecule has 4 rings (SSSR count). The fourth-order valence-electron chi connectivity index (χ4n) is 3.61. The van der Waals surface area contributed by atoms with Gasteiger partial charge in [0.05, 0.1) is 17.8 Å². The van der Waals surface area contributed by atoms with Crippen LogP contribution in [0.25, 0.3) is 11.1 Å². The van der Waals surface area contributed by atoms with Crippen LogP contribution >= 0.6 is 23.1 Å². The third-order valence-electron chi connectivity index (χ3n) is 5.60. The molecule has 2 N–H and O–H groups in total. The van der Waals surface area contributed by atoms with E-state index < -0.39 is 16.8 Å². The number of rotatable bonds is 9. The van der Waals surface area contributed by atoms with Gasteiger partial charge in [-0.05, 0) is 42.8 Å². The van der Waals surface area contributed by atoms with Crippen molar-refractivity contribution in [2.45, 2.75) is 11.8 Å². The summed E-state index contributed by atoms with van der Waals surface area (Å²) in [6.07, 6.45) is 0. The van der Waals surface area contributed by atoms with Crippen LogP contribution in [-0.4, -0.2) is 35.6 Å². The van der Waals surface area contributed by atoms with Gasteiger partial charge in [-0.1, -0.05) is 35.9 Å². The van der Waals surface area contributed by atoms with Crippen LogP contribution in [0.3, 0.4) is 0 Å². The summed E-state index contributed by atoms with van der Waals surface area (Å²) in [6, 6.07) is 20.0. The van der Waals surface area contributed by atoms with E-state index in [1.54, 1.807) is 24.3 Å². The number of non-ortho nitro benzene ring substituents is 1. The minimum absolute atomic E-state index is 0.0676. The highest BCUT2D eigenvalue weighted by molar-refractivity contribution is 8.00. The molecule has 0 radical (unpaired) electrons. The third kappa shape index (κ3) is 6.89. The molecule has 0 bridgehead atoms. The second-order valence-electron chi connectivity index (χ2n) is 8.33. The number of hydrogen-bond acceptors (Lipinski definition) is 8. The lowest BCUT2D eigenvalue weighted by atomic mass is 10.0. The van der Waals surface area contributed by atoms with Gasteiger partial charge in [-0.2, -0.15) is 0 Å². The molecule has 9 nitrogen and oxygen atoms in total. The standard InChI is InChI=1S/C28H23N3O6S2/c1-17-6-8-18(9-7-17)23-15-39-27(25(23)28(34)37-2)30-24(32)16-38-22-5-3-4-20(14-22)29-26(33)19-10-12-21(13-11-19)31(35)36/h3-15H,16H2,1-2H3,(H,29,33)(H,30,32). The largest absolute Gasteiger partial charge is 0.465 e. The Morgan fingerprint density at radius 1 is 1.00 bits per heavy atom. The average Bonchev–Trinajstić information content (AvgIpc) is 3.35. The zero-order chi connectivity index (χ0) is 27.9. The molecule has 2 amide bonds. The van der Waals surface area contributed by atoms with E-state index in [0.717, 1.165) is 16.0 Å². The van der Waals surface area contributed by atoms with E-state index in [-0.39, 0.29) is 22.9 Å². The number of nitro groups is 1. The normalized spacial score (nSPS) is 10.5. The minimum Gasteiger partial charge on any atom is -0.465 e. The quantitative estimate of drug-likeness (QED) is 0.105. The number of benzene rings is 3. The van der Waals surface area contributed by atoms with Crippen LogP contribution in [0.2, 0.25) is 0 Å². The lowest BCUT2D eigenvalue weighted by Gasteiger charge is -2.09. The van der Waals surface area contributed by atoms with Crippen molar-refractivity contribution in [2.24, 2.45) is 0 Å². The topological polar surface area (TPSA) is 128 Å². The van der Waals surface area contributed by atoms with E-state index in [4.69, 9.17) is 4.74 Å². The SMILES string of the molecule is COC(=O)c1c(-c2ccc(C)cc2)csc1NC(=O)CSc1cccc(NC(=O)c2ccc([N+](=O)[O-])cc2)c1. The van der Waals surface area contributed by atoms with Crippen molar-refractivity contribution in [1.29, 1.82) is 0 Å². The van der Waals surface area contributed by atoms with Crippen LogP contribution in [0.15, 0.2) is 83.1 Å². The molecular formula is C28H23N3O6S2. The lowest BCUT2D eigenvalue weighted by molar-refractivity contribution is -0.384. The van der Waals surface area contributed by atoms with E-state index in [1.807, 2.05) is 36.6 Å². The molecule has 0 fully saturated rings. The number of carbonyl (C=O) groups excluding carboxylic acids is 3. The summed E-state index contributed by atoms with van der Waals surface area (Å²) in [5, 5.41) is 18.6. The fourth-order valence-corrected chi connectivity index (χ4v) is 5.34. The molecule has 39 heavy (non-hydrogen) atoms. The van der Waals surface area contributed by atoms with E-state index >= 15 is 0 Å². The number of amides is 2. The number of thioether (sulfide) groups is 1. The number of esters is 1. The molecule has 1 heterocycles. The summed E-state index contributed by atoms with van der Waals surface area (Å²) in [5.41, 5.74) is 3.62. The first-order chi connectivity index (χ1) is 18.7. The smallest absolute Gasteiger partial charge is 0.341 e. The summed E-state index contributed by atoms with van der Waals surface area (Å²) in [7, 11) is 1.30. The number of aryl methyl sites for hydroxylation is 1. The molecular weight excluding hydrogens is 538 g/mol. The number of nitro benzene ring substituents is 1. The van der Waals surface area contributed by atoms with Gasteiger partial charge in [0, 0.05) is 39.2 Å². The summed E-state index contributed by atoms with van der Waals surface area (Å²) in [4.78, 5) is 48.9. The summed E-state index contributed by atoms with van der Waals surface area (Å²) in [5.74, 6) is -1.19. The maximum Gasteiger partial charge on any atom is 0.341 e. The number of ether oxygens (including phenoxy) is 1. The number of nitrogens with one attached hydrogen (secondary N) is 2. The fraction of sp³-hybridized carbons (Fsp3) is 0.107. The van der Waals surface area contributed by atoms with Gasteiger partial charge in [-0.15, -0.1) is 23.1 Å². The highest BCUT2D eigenvalue weighted by Gasteiger charge is 2.22. The molecule has 11 heteroatoms. The molecule has 1 aromatic heterocycles. The Kier molecular flexibility index (Phi) is 8.74. The molecule has 0 aliphatic carbocycles. The number of carbonyl (C=O) groups is 3. The van der Waals surface area contributed by atoms with Crippen molar-refractivity contribution in [2.75, 3.05) is 23.5 Å². The van der Waals surface area contributed by atoms with Crippen molar-refractivity contribution in [3.05, 3.63) is 105 Å². The Morgan fingerprint density at radius 2 is 1.72 bits per heavy atom. The van der Waals surface area contributed by atoms with Crippen molar-refractivity contribution in [3.8, 4) is 11.1 Å². The zero-order valence-corrected chi connectivity index (χ0v) is 22.6. The highest BCUT2D eigenvalue weighted by Crippen LogP contribution is 2.36. The minimum atomic E-state index is -0.536. The highest BCUT2D eigenvalue weighted by atomic mass is 32.2. The molecule has 0 atom stereocenters. The molecule has 0 saturated carbocycles. The Balaban J connectivity index is 1.40. The number of methoxy groups -OCH3 is 1. The third-order valence-corrected chi connectivity index (χ3v) is 7.49. The molecule has 0 unspecified atom stereocenters. The van der Waals surface area contributed by atoms with Gasteiger partial charge in [0.2, 0.25) is 5.91 Å². The second kappa shape index (κ2) is 12.4. The van der Waals surface area contributed by atoms with Gasteiger partial charge in [-0.3, -0.25) is 19.7 Å². The molecule has 198 valence electrons. The van der Waals surface area contributed by atoms with Crippen LogP contribution in [0.5, 0.6) is 0 Å². The number of thiophene rings is 1. The number of hydrogen-bond donors (Lipinski definition) is 2. The predicted octanol–water partition coefficient (Wildman–Crippen LogP) is 6.40. The summed E-state index contributed by atoms with van der Waals surface area (Å²) in [6.45, 7) is 1.98. The maximum atomic E-state index is 12.8. The second-order valence-corrected chi connectivity index (χ2v) is 10.3. The van der Waals surface area contributed by atoms with Crippen LogP contribution < -0.4 is 10.6 Å². The molecule has 3 aromatic carbocycles. The van der Waals surface area contributed by atoms with Gasteiger partial charge in [-0.25, -0.2) is 4.79 Å². The zero-order valence-electron chi connectivity index (χ0n) is 20.9. The molecule has 0 aliphatic rings. The van der Waals surface area contributed by atoms with E-state index in [1.165, 1.54) is 54.5 Å². The van der Waals surface area contributed by atoms with Gasteiger partial charge in [0.25, 0.3) is 11.6 Å². The first-order valence-corrected chi connectivity index (χ1v) is 13.5. The van der Waals surface area contributed by atoms with Crippen molar-refractivity contribution in [1.82, 2.24) is 0 Å². The van der Waals surface area contributed by atoms with Crippen molar-refractivity contribution < 1.29 is 24.0 Å². The van der Waals surface area contributed by atoms with Gasteiger partial charge < -0.3 is 15.4 Å². The lowest BCUT2D eigenvalue weighted by Crippen LogP contribution is -2.16. The first-order valence-electron chi connectivity index (χ1n) is 11.6. The van der Waals surface area contributed by atoms with Crippen molar-refractivity contribution >= 4 is 57.3 Å². The predicted molar refractivity (Wildman–Crippen MR) is 153 cm³/mol. The van der Waals surface area contributed by atoms with Crippen LogP contribution in [-0.2, 0) is 9.53 Å². The number of nitrogens with zero attached hydrogens (tertiary/aromatic N) is 1. The molecule has 4 aromatic rings. The Hall–Kier alpha value is -4.48. The van der Waals surface area contributed by atoms with Crippen LogP contribution in [0, 0.1) is 17.0 Å².